The first-order valence-corrected chi connectivity index (χ1v) is 3.86. The summed E-state index contributed by atoms with van der Waals surface area (Å²) in [5.74, 6) is 0. The number of aliphatic imine (C=N–C) groups is 1. The molecule has 4 heteroatoms. The molecule has 1 unspecified atom stereocenters. The molecular weight excluding hydrogens is 130 g/mol. The zero-order valence-electron chi connectivity index (χ0n) is 3.37. The van der Waals surface area contributed by atoms with Crippen LogP contribution >= 0.6 is 0 Å². The van der Waals surface area contributed by atoms with E-state index in [2.05, 4.69) is 16.2 Å². The third kappa shape index (κ3) is 0.863. The third-order valence-electron chi connectivity index (χ3n) is 0.549. The van der Waals surface area contributed by atoms with E-state index in [0.29, 0.717) is 0 Å². The van der Waals surface area contributed by atoms with Crippen molar-refractivity contribution >= 4 is 25.9 Å². The molecule has 0 bridgehead atoms. The van der Waals surface area contributed by atoms with Crippen LogP contribution in [0.4, 0.5) is 0 Å². The first-order chi connectivity index (χ1) is 3.30. The Labute approximate surface area is 48.2 Å². The van der Waals surface area contributed by atoms with Crippen LogP contribution in [-0.2, 0) is 20.6 Å². The summed E-state index contributed by atoms with van der Waals surface area (Å²) in [6, 6.07) is 0. The molecular formula is C3H3NOS2. The van der Waals surface area contributed by atoms with Gasteiger partial charge >= 0.3 is 0 Å². The molecule has 7 heavy (non-hydrogen) atoms. The maximum Gasteiger partial charge on any atom is 0.256 e. The second-order valence-electron chi connectivity index (χ2n) is 0.994. The smallest absolute Gasteiger partial charge is 0.256 e. The number of aliphatic hydroxyl groups excluding tert-OH is 1. The Morgan fingerprint density at radius 3 is 2.71 bits per heavy atom. The zero-order chi connectivity index (χ0) is 5.28. The largest absolute Gasteiger partial charge is 0.488 e. The van der Waals surface area contributed by atoms with Gasteiger partial charge in [-0.1, -0.05) is 0 Å². The van der Waals surface area contributed by atoms with Crippen molar-refractivity contribution in [2.75, 3.05) is 0 Å². The van der Waals surface area contributed by atoms with Gasteiger partial charge in [-0.3, -0.25) is 0 Å². The van der Waals surface area contributed by atoms with Gasteiger partial charge in [0.2, 0.25) is 0 Å². The molecule has 1 aliphatic heterocycles. The van der Waals surface area contributed by atoms with Crippen LogP contribution in [0.3, 0.4) is 0 Å². The Bertz CT molecular complexity index is 160. The first kappa shape index (κ1) is 4.93. The maximum atomic E-state index is 8.59. The third-order valence-corrected chi connectivity index (χ3v) is 2.16. The van der Waals surface area contributed by atoms with E-state index in [1.54, 1.807) is 5.41 Å². The van der Waals surface area contributed by atoms with Crippen molar-refractivity contribution in [2.45, 2.75) is 0 Å². The lowest BCUT2D eigenvalue weighted by Crippen LogP contribution is -1.94. The first-order valence-electron chi connectivity index (χ1n) is 1.65. The van der Waals surface area contributed by atoms with Crippen LogP contribution in [0, 0.1) is 0 Å². The highest BCUT2D eigenvalue weighted by Crippen LogP contribution is 1.96. The highest BCUT2D eigenvalue weighted by atomic mass is 32.8. The van der Waals surface area contributed by atoms with Gasteiger partial charge in [0.1, 0.15) is 0 Å². The monoisotopic (exact) mass is 133 g/mol. The minimum absolute atomic E-state index is 0.0648. The highest BCUT2D eigenvalue weighted by molar-refractivity contribution is 8.39. The second kappa shape index (κ2) is 1.71. The molecule has 2 nitrogen and oxygen atoms in total. The van der Waals surface area contributed by atoms with Crippen LogP contribution in [0.1, 0.15) is 0 Å². The van der Waals surface area contributed by atoms with Crippen molar-refractivity contribution < 1.29 is 5.11 Å². The number of nitrogens with zero attached hydrogens (tertiary/aromatic N) is 1. The molecule has 0 aromatic carbocycles. The summed E-state index contributed by atoms with van der Waals surface area (Å²) in [6.07, 6.45) is 1.52. The van der Waals surface area contributed by atoms with Gasteiger partial charge in [-0.15, -0.1) is 0 Å². The van der Waals surface area contributed by atoms with E-state index in [-0.39, 0.29) is 5.23 Å². The van der Waals surface area contributed by atoms with Crippen molar-refractivity contribution in [3.8, 4) is 0 Å². The summed E-state index contributed by atoms with van der Waals surface area (Å²) in [7, 11) is -0.509. The molecule has 0 aliphatic carbocycles. The Hall–Kier alpha value is -0.220. The fourth-order valence-corrected chi connectivity index (χ4v) is 0.998. The van der Waals surface area contributed by atoms with Crippen molar-refractivity contribution in [3.63, 3.8) is 0 Å². The normalized spacial score (nSPS) is 28.0. The predicted molar refractivity (Wildman–Crippen MR) is 33.9 cm³/mol. The molecule has 1 atom stereocenters. The van der Waals surface area contributed by atoms with Crippen LogP contribution in [0.25, 0.3) is 0 Å². The van der Waals surface area contributed by atoms with E-state index < -0.39 is 9.45 Å². The molecule has 0 aromatic heterocycles. The van der Waals surface area contributed by atoms with Crippen LogP contribution in [-0.4, -0.2) is 10.3 Å². The molecule has 0 saturated heterocycles. The summed E-state index contributed by atoms with van der Waals surface area (Å²) < 4.78 is 0. The summed E-state index contributed by atoms with van der Waals surface area (Å²) in [5, 5.41) is 10.3. The van der Waals surface area contributed by atoms with Gasteiger partial charge in [0.15, 0.2) is 0 Å². The molecule has 1 rings (SSSR count). The zero-order valence-corrected chi connectivity index (χ0v) is 5.00. The molecule has 0 amide bonds. The number of aliphatic hydroxyl groups is 1. The number of hydrogen-bond acceptors (Lipinski definition) is 2. The number of hydrogen-bond donors (Lipinski definition) is 1. The number of rotatable bonds is 0. The SMILES string of the molecule is OC1=NC=CS1=S. The van der Waals surface area contributed by atoms with E-state index in [1.165, 1.54) is 6.20 Å². The van der Waals surface area contributed by atoms with Gasteiger partial charge in [-0.2, -0.15) is 0 Å². The molecule has 1 heterocycles. The fraction of sp³-hybridized carbons (Fsp3) is 0. The van der Waals surface area contributed by atoms with Crippen molar-refractivity contribution in [1.29, 1.82) is 0 Å². The lowest BCUT2D eigenvalue weighted by atomic mass is 11.1. The minimum Gasteiger partial charge on any atom is -0.488 e. The topological polar surface area (TPSA) is 32.6 Å². The predicted octanol–water partition coefficient (Wildman–Crippen LogP) is 0.465. The summed E-state index contributed by atoms with van der Waals surface area (Å²) in [4.78, 5) is 3.52. The van der Waals surface area contributed by atoms with E-state index in [4.69, 9.17) is 5.11 Å². The van der Waals surface area contributed by atoms with Crippen molar-refractivity contribution in [3.05, 3.63) is 11.6 Å². The van der Waals surface area contributed by atoms with Gasteiger partial charge in [0, 0.05) is 11.6 Å². The van der Waals surface area contributed by atoms with Gasteiger partial charge in [-0.05, 0) is 20.6 Å². The summed E-state index contributed by atoms with van der Waals surface area (Å²) >= 11 is 4.69. The molecule has 0 aromatic rings. The molecule has 1 aliphatic rings. The Morgan fingerprint density at radius 2 is 2.57 bits per heavy atom. The average Bonchev–Trinajstić information content (AvgIpc) is 1.91. The van der Waals surface area contributed by atoms with Crippen LogP contribution < -0.4 is 0 Å². The molecule has 1 N–H and O–H groups in total. The Morgan fingerprint density at radius 1 is 1.86 bits per heavy atom. The quantitative estimate of drug-likeness (QED) is 0.521. The van der Waals surface area contributed by atoms with Crippen molar-refractivity contribution in [1.82, 2.24) is 0 Å². The van der Waals surface area contributed by atoms with Gasteiger partial charge in [-0.25, -0.2) is 4.99 Å². The van der Waals surface area contributed by atoms with Crippen molar-refractivity contribution in [2.24, 2.45) is 4.99 Å². The second-order valence-corrected chi connectivity index (χ2v) is 3.30. The fourth-order valence-electron chi connectivity index (χ4n) is 0.262. The Kier molecular flexibility index (Phi) is 1.21. The van der Waals surface area contributed by atoms with Crippen LogP contribution in [0.2, 0.25) is 0 Å². The van der Waals surface area contributed by atoms with Crippen LogP contribution in [0.15, 0.2) is 16.6 Å². The molecule has 0 saturated carbocycles. The molecule has 0 radical (unpaired) electrons. The standard InChI is InChI=1S/C3H3NOS2/c5-3-4-1-2-7(3)6/h1-2H,(H,4,5). The van der Waals surface area contributed by atoms with Gasteiger partial charge < -0.3 is 5.11 Å². The lowest BCUT2D eigenvalue weighted by molar-refractivity contribution is 0.571. The van der Waals surface area contributed by atoms with E-state index in [9.17, 15) is 0 Å². The maximum absolute atomic E-state index is 8.59. The van der Waals surface area contributed by atoms with Crippen LogP contribution in [0.5, 0.6) is 0 Å². The summed E-state index contributed by atoms with van der Waals surface area (Å²) in [6.45, 7) is 0. The van der Waals surface area contributed by atoms with E-state index in [1.807, 2.05) is 0 Å². The van der Waals surface area contributed by atoms with Gasteiger partial charge in [0.25, 0.3) is 5.23 Å². The highest BCUT2D eigenvalue weighted by Gasteiger charge is 2.00. The minimum atomic E-state index is -0.509. The molecule has 0 fully saturated rings. The molecule has 0 spiro atoms. The Balaban J connectivity index is 2.89. The molecule has 38 valence electrons. The van der Waals surface area contributed by atoms with E-state index in [0.717, 1.165) is 0 Å². The van der Waals surface area contributed by atoms with E-state index >= 15 is 0 Å². The summed E-state index contributed by atoms with van der Waals surface area (Å²) in [5.41, 5.74) is 0. The average molecular weight is 133 g/mol. The lowest BCUT2D eigenvalue weighted by Gasteiger charge is -1.82. The van der Waals surface area contributed by atoms with Gasteiger partial charge in [0.05, 0.1) is 0 Å².